The first kappa shape index (κ1) is 22.5. The Morgan fingerprint density at radius 1 is 0.786 bits per heavy atom. The van der Waals surface area contributed by atoms with Crippen molar-refractivity contribution in [2.45, 2.75) is 84.0 Å². The molecular formula is C25H41N2O+. The maximum absolute atomic E-state index is 5.92. The van der Waals surface area contributed by atoms with Crippen LogP contribution in [0.5, 0.6) is 5.75 Å². The van der Waals surface area contributed by atoms with Crippen LogP contribution in [0, 0.1) is 0 Å². The molecular weight excluding hydrogens is 344 g/mol. The van der Waals surface area contributed by atoms with Gasteiger partial charge in [0.05, 0.1) is 26.3 Å². The Labute approximate surface area is 172 Å². The van der Waals surface area contributed by atoms with E-state index in [9.17, 15) is 0 Å². The van der Waals surface area contributed by atoms with Crippen LogP contribution in [0.2, 0.25) is 0 Å². The van der Waals surface area contributed by atoms with Crippen LogP contribution in [0.25, 0.3) is 11.4 Å². The summed E-state index contributed by atoms with van der Waals surface area (Å²) in [5.41, 5.74) is 1.22. The van der Waals surface area contributed by atoms with Crippen molar-refractivity contribution in [3.63, 3.8) is 0 Å². The molecule has 0 bridgehead atoms. The van der Waals surface area contributed by atoms with E-state index in [2.05, 4.69) is 66.8 Å². The normalized spacial score (nSPS) is 11.1. The standard InChI is InChI=1S/C25H41N2O/c1-4-5-6-7-8-9-10-11-12-13-14-15-22-28-24-18-16-23(17-19-24)25-26(2)20-21-27(25)3/h16-21H,4-15,22H2,1-3H3/q+1. The van der Waals surface area contributed by atoms with Gasteiger partial charge in [0.2, 0.25) is 0 Å². The van der Waals surface area contributed by atoms with Gasteiger partial charge >= 0.3 is 0 Å². The molecule has 0 saturated carbocycles. The third-order valence-corrected chi connectivity index (χ3v) is 5.56. The molecule has 1 heterocycles. The number of hydrogen-bond donors (Lipinski definition) is 0. The highest BCUT2D eigenvalue weighted by molar-refractivity contribution is 5.54. The predicted octanol–water partition coefficient (Wildman–Crippen LogP) is 6.60. The Bertz CT molecular complexity index is 626. The topological polar surface area (TPSA) is 18.0 Å². The van der Waals surface area contributed by atoms with Crippen LogP contribution < -0.4 is 9.30 Å². The molecule has 0 aliphatic carbocycles. The SMILES string of the molecule is CCCCCCCCCCCCCCOc1ccc(-c2n(C)cc[n+]2C)cc1. The fourth-order valence-electron chi connectivity index (χ4n) is 3.83. The molecule has 0 saturated heterocycles. The van der Waals surface area contributed by atoms with Crippen molar-refractivity contribution in [1.82, 2.24) is 4.57 Å². The maximum Gasteiger partial charge on any atom is 0.288 e. The number of benzene rings is 1. The Balaban J connectivity index is 1.49. The van der Waals surface area contributed by atoms with E-state index in [0.29, 0.717) is 0 Å². The summed E-state index contributed by atoms with van der Waals surface area (Å²) in [6.07, 6.45) is 20.7. The van der Waals surface area contributed by atoms with E-state index in [1.165, 1.54) is 82.0 Å². The Hall–Kier alpha value is -1.77. The molecule has 0 atom stereocenters. The second-order valence-electron chi connectivity index (χ2n) is 8.11. The van der Waals surface area contributed by atoms with E-state index >= 15 is 0 Å². The summed E-state index contributed by atoms with van der Waals surface area (Å²) in [4.78, 5) is 0. The van der Waals surface area contributed by atoms with Crippen LogP contribution in [-0.2, 0) is 14.1 Å². The molecule has 0 N–H and O–H groups in total. The lowest BCUT2D eigenvalue weighted by atomic mass is 10.1. The smallest absolute Gasteiger partial charge is 0.288 e. The molecule has 0 amide bonds. The van der Waals surface area contributed by atoms with Gasteiger partial charge < -0.3 is 4.74 Å². The second kappa shape index (κ2) is 13.4. The minimum absolute atomic E-state index is 0.828. The summed E-state index contributed by atoms with van der Waals surface area (Å²) in [6.45, 7) is 3.11. The number of aryl methyl sites for hydroxylation is 2. The fraction of sp³-hybridized carbons (Fsp3) is 0.640. The molecule has 0 unspecified atom stereocenters. The molecule has 0 fully saturated rings. The average molecular weight is 386 g/mol. The van der Waals surface area contributed by atoms with Gasteiger partial charge in [0.15, 0.2) is 0 Å². The second-order valence-corrected chi connectivity index (χ2v) is 8.11. The van der Waals surface area contributed by atoms with Crippen LogP contribution in [0.15, 0.2) is 36.7 Å². The minimum atomic E-state index is 0.828. The van der Waals surface area contributed by atoms with Crippen molar-refractivity contribution >= 4 is 0 Å². The zero-order valence-electron chi connectivity index (χ0n) is 18.5. The number of hydrogen-bond acceptors (Lipinski definition) is 1. The van der Waals surface area contributed by atoms with Crippen molar-refractivity contribution in [3.8, 4) is 17.1 Å². The minimum Gasteiger partial charge on any atom is -0.494 e. The average Bonchev–Trinajstić information content (AvgIpc) is 3.04. The summed E-state index contributed by atoms with van der Waals surface area (Å²) in [5, 5.41) is 0. The first-order valence-corrected chi connectivity index (χ1v) is 11.5. The van der Waals surface area contributed by atoms with Crippen LogP contribution in [0.3, 0.4) is 0 Å². The van der Waals surface area contributed by atoms with Crippen molar-refractivity contribution in [2.75, 3.05) is 6.61 Å². The van der Waals surface area contributed by atoms with E-state index in [4.69, 9.17) is 4.74 Å². The number of unbranched alkanes of at least 4 members (excludes halogenated alkanes) is 11. The highest BCUT2D eigenvalue weighted by Gasteiger charge is 2.13. The number of aromatic nitrogens is 2. The van der Waals surface area contributed by atoms with Gasteiger partial charge in [-0.1, -0.05) is 77.6 Å². The monoisotopic (exact) mass is 385 g/mol. The summed E-state index contributed by atoms with van der Waals surface area (Å²) < 4.78 is 10.2. The molecule has 3 heteroatoms. The van der Waals surface area contributed by atoms with E-state index in [1.54, 1.807) is 0 Å². The molecule has 28 heavy (non-hydrogen) atoms. The van der Waals surface area contributed by atoms with Gasteiger partial charge in [0.25, 0.3) is 5.82 Å². The van der Waals surface area contributed by atoms with Crippen LogP contribution >= 0.6 is 0 Å². The third-order valence-electron chi connectivity index (χ3n) is 5.56. The summed E-state index contributed by atoms with van der Waals surface area (Å²) in [5.74, 6) is 2.18. The molecule has 0 radical (unpaired) electrons. The summed E-state index contributed by atoms with van der Waals surface area (Å²) >= 11 is 0. The third kappa shape index (κ3) is 8.08. The highest BCUT2D eigenvalue weighted by Crippen LogP contribution is 2.20. The molecule has 2 aromatic rings. The van der Waals surface area contributed by atoms with Crippen molar-refractivity contribution in [3.05, 3.63) is 36.7 Å². The van der Waals surface area contributed by atoms with Gasteiger partial charge in [-0.25, -0.2) is 9.13 Å². The molecule has 3 nitrogen and oxygen atoms in total. The lowest BCUT2D eigenvalue weighted by Crippen LogP contribution is -2.28. The quantitative estimate of drug-likeness (QED) is 0.249. The van der Waals surface area contributed by atoms with Gasteiger partial charge in [-0.05, 0) is 30.7 Å². The van der Waals surface area contributed by atoms with E-state index in [0.717, 1.165) is 18.8 Å². The largest absolute Gasteiger partial charge is 0.494 e. The molecule has 0 aliphatic rings. The number of ether oxygens (including phenoxy) is 1. The Morgan fingerprint density at radius 2 is 1.32 bits per heavy atom. The van der Waals surface area contributed by atoms with Crippen molar-refractivity contribution in [1.29, 1.82) is 0 Å². The van der Waals surface area contributed by atoms with E-state index in [-0.39, 0.29) is 0 Å². The number of rotatable bonds is 15. The molecule has 156 valence electrons. The van der Waals surface area contributed by atoms with Crippen molar-refractivity contribution in [2.24, 2.45) is 14.1 Å². The first-order chi connectivity index (χ1) is 13.7. The van der Waals surface area contributed by atoms with Gasteiger partial charge in [-0.2, -0.15) is 0 Å². The fourth-order valence-corrected chi connectivity index (χ4v) is 3.83. The highest BCUT2D eigenvalue weighted by atomic mass is 16.5. The zero-order valence-corrected chi connectivity index (χ0v) is 18.5. The lowest BCUT2D eigenvalue weighted by Gasteiger charge is -2.07. The first-order valence-electron chi connectivity index (χ1n) is 11.5. The molecule has 0 spiro atoms. The van der Waals surface area contributed by atoms with E-state index in [1.807, 2.05) is 0 Å². The molecule has 0 aliphatic heterocycles. The maximum atomic E-state index is 5.92. The zero-order chi connectivity index (χ0) is 20.0. The van der Waals surface area contributed by atoms with Crippen molar-refractivity contribution < 1.29 is 9.30 Å². The van der Waals surface area contributed by atoms with Gasteiger partial charge in [-0.15, -0.1) is 0 Å². The van der Waals surface area contributed by atoms with Crippen LogP contribution in [0.1, 0.15) is 84.0 Å². The lowest BCUT2D eigenvalue weighted by molar-refractivity contribution is -0.659. The Kier molecular flexibility index (Phi) is 10.8. The predicted molar refractivity (Wildman–Crippen MR) is 119 cm³/mol. The van der Waals surface area contributed by atoms with Crippen LogP contribution in [-0.4, -0.2) is 11.2 Å². The van der Waals surface area contributed by atoms with Gasteiger partial charge in [0.1, 0.15) is 18.1 Å². The molecule has 2 rings (SSSR count). The molecule has 1 aromatic carbocycles. The summed E-state index contributed by atoms with van der Waals surface area (Å²) in [7, 11) is 4.15. The summed E-state index contributed by atoms with van der Waals surface area (Å²) in [6, 6.07) is 8.46. The Morgan fingerprint density at radius 3 is 1.82 bits per heavy atom. The molecule has 1 aromatic heterocycles. The van der Waals surface area contributed by atoms with Gasteiger partial charge in [0, 0.05) is 0 Å². The van der Waals surface area contributed by atoms with E-state index < -0.39 is 0 Å². The number of nitrogens with zero attached hydrogens (tertiary/aromatic N) is 2. The van der Waals surface area contributed by atoms with Crippen LogP contribution in [0.4, 0.5) is 0 Å². The van der Waals surface area contributed by atoms with Gasteiger partial charge in [-0.3, -0.25) is 0 Å². The number of imidazole rings is 1.